The van der Waals surface area contributed by atoms with Crippen LogP contribution in [0, 0.1) is 5.92 Å². The van der Waals surface area contributed by atoms with Crippen LogP contribution in [-0.4, -0.2) is 37.5 Å². The zero-order chi connectivity index (χ0) is 13.1. The Morgan fingerprint density at radius 2 is 2.06 bits per heavy atom. The molecule has 0 saturated heterocycles. The molecule has 0 amide bonds. The highest BCUT2D eigenvalue weighted by Crippen LogP contribution is 2.25. The van der Waals surface area contributed by atoms with Gasteiger partial charge in [0.05, 0.1) is 12.7 Å². The van der Waals surface area contributed by atoms with Crippen molar-refractivity contribution in [2.24, 2.45) is 5.92 Å². The van der Waals surface area contributed by atoms with E-state index in [4.69, 9.17) is 4.74 Å². The molecule has 0 heterocycles. The molecular weight excluding hydrogens is 226 g/mol. The molecule has 0 aromatic carbocycles. The van der Waals surface area contributed by atoms with Gasteiger partial charge in [-0.05, 0) is 25.3 Å². The van der Waals surface area contributed by atoms with E-state index in [1.807, 2.05) is 0 Å². The molecule has 1 aliphatic carbocycles. The molecule has 0 aliphatic heterocycles. The zero-order valence-electron chi connectivity index (χ0n) is 12.0. The lowest BCUT2D eigenvalue weighted by Crippen LogP contribution is -2.32. The number of unbranched alkanes of at least 4 members (excludes halogenated alkanes) is 1. The van der Waals surface area contributed by atoms with Crippen LogP contribution in [0.1, 0.15) is 58.3 Å². The average Bonchev–Trinajstić information content (AvgIpc) is 2.41. The summed E-state index contributed by atoms with van der Waals surface area (Å²) in [6.07, 6.45) is 10.2. The number of nitrogens with one attached hydrogen (secondary N) is 1. The molecular formula is C15H31NO2. The Balaban J connectivity index is 1.86. The maximum absolute atomic E-state index is 9.70. The lowest BCUT2D eigenvalue weighted by Gasteiger charge is -2.21. The van der Waals surface area contributed by atoms with E-state index < -0.39 is 0 Å². The van der Waals surface area contributed by atoms with Crippen LogP contribution in [0.5, 0.6) is 0 Å². The van der Waals surface area contributed by atoms with Gasteiger partial charge in [0.1, 0.15) is 0 Å². The van der Waals surface area contributed by atoms with Gasteiger partial charge >= 0.3 is 0 Å². The molecule has 108 valence electrons. The number of aliphatic hydroxyl groups is 1. The number of ether oxygens (including phenoxy) is 1. The van der Waals surface area contributed by atoms with E-state index in [1.54, 1.807) is 0 Å². The largest absolute Gasteiger partial charge is 0.389 e. The van der Waals surface area contributed by atoms with Gasteiger partial charge in [-0.2, -0.15) is 0 Å². The topological polar surface area (TPSA) is 41.5 Å². The van der Waals surface area contributed by atoms with Gasteiger partial charge in [0.25, 0.3) is 0 Å². The second kappa shape index (κ2) is 10.8. The van der Waals surface area contributed by atoms with Crippen molar-refractivity contribution >= 4 is 0 Å². The first-order chi connectivity index (χ1) is 8.83. The van der Waals surface area contributed by atoms with Crippen LogP contribution in [0.15, 0.2) is 0 Å². The Kier molecular flexibility index (Phi) is 9.54. The molecule has 1 saturated carbocycles. The fourth-order valence-corrected chi connectivity index (χ4v) is 2.58. The van der Waals surface area contributed by atoms with Crippen molar-refractivity contribution in [2.75, 3.05) is 26.3 Å². The third-order valence-electron chi connectivity index (χ3n) is 3.79. The molecule has 1 unspecified atom stereocenters. The summed E-state index contributed by atoms with van der Waals surface area (Å²) in [5.41, 5.74) is 0. The highest BCUT2D eigenvalue weighted by atomic mass is 16.5. The summed E-state index contributed by atoms with van der Waals surface area (Å²) in [4.78, 5) is 0. The minimum atomic E-state index is -0.354. The van der Waals surface area contributed by atoms with Gasteiger partial charge in [-0.15, -0.1) is 0 Å². The average molecular weight is 257 g/mol. The molecule has 0 spiro atoms. The second-order valence-electron chi connectivity index (χ2n) is 5.58. The standard InChI is InChI=1S/C15H31NO2/c1-2-3-11-18-13-15(17)12-16-10-9-14-7-5-4-6-8-14/h14-17H,2-13H2,1H3. The van der Waals surface area contributed by atoms with Crippen molar-refractivity contribution in [1.82, 2.24) is 5.32 Å². The van der Waals surface area contributed by atoms with Crippen LogP contribution in [-0.2, 0) is 4.74 Å². The first-order valence-corrected chi connectivity index (χ1v) is 7.79. The SMILES string of the molecule is CCCCOCC(O)CNCCC1CCCCC1. The van der Waals surface area contributed by atoms with Crippen molar-refractivity contribution < 1.29 is 9.84 Å². The third-order valence-corrected chi connectivity index (χ3v) is 3.79. The smallest absolute Gasteiger partial charge is 0.0897 e. The summed E-state index contributed by atoms with van der Waals surface area (Å²) in [6.45, 7) is 5.09. The van der Waals surface area contributed by atoms with Crippen LogP contribution >= 0.6 is 0 Å². The molecule has 0 aromatic heterocycles. The summed E-state index contributed by atoms with van der Waals surface area (Å²) >= 11 is 0. The van der Waals surface area contributed by atoms with E-state index in [-0.39, 0.29) is 6.10 Å². The molecule has 3 heteroatoms. The molecule has 1 aliphatic rings. The molecule has 1 rings (SSSR count). The van der Waals surface area contributed by atoms with Gasteiger partial charge in [0.15, 0.2) is 0 Å². The Morgan fingerprint density at radius 3 is 2.78 bits per heavy atom. The normalized spacial score (nSPS) is 19.0. The Bertz CT molecular complexity index is 181. The molecule has 1 atom stereocenters. The van der Waals surface area contributed by atoms with Gasteiger partial charge in [-0.3, -0.25) is 0 Å². The number of hydrogen-bond acceptors (Lipinski definition) is 3. The van der Waals surface area contributed by atoms with Crippen LogP contribution in [0.3, 0.4) is 0 Å². The van der Waals surface area contributed by atoms with E-state index in [2.05, 4.69) is 12.2 Å². The predicted octanol–water partition coefficient (Wildman–Crippen LogP) is 2.72. The van der Waals surface area contributed by atoms with Crippen LogP contribution in [0.2, 0.25) is 0 Å². The maximum atomic E-state index is 9.70. The van der Waals surface area contributed by atoms with Crippen LogP contribution in [0.4, 0.5) is 0 Å². The molecule has 0 radical (unpaired) electrons. The Hall–Kier alpha value is -0.120. The third kappa shape index (κ3) is 8.06. The van der Waals surface area contributed by atoms with Crippen molar-refractivity contribution in [3.63, 3.8) is 0 Å². The van der Waals surface area contributed by atoms with E-state index in [1.165, 1.54) is 38.5 Å². The lowest BCUT2D eigenvalue weighted by molar-refractivity contribution is 0.0358. The Labute approximate surface area is 112 Å². The minimum Gasteiger partial charge on any atom is -0.389 e. The molecule has 0 aromatic rings. The van der Waals surface area contributed by atoms with E-state index in [0.29, 0.717) is 13.2 Å². The molecule has 1 fully saturated rings. The monoisotopic (exact) mass is 257 g/mol. The van der Waals surface area contributed by atoms with E-state index >= 15 is 0 Å². The summed E-state index contributed by atoms with van der Waals surface area (Å²) < 4.78 is 5.39. The van der Waals surface area contributed by atoms with Gasteiger partial charge in [0, 0.05) is 13.2 Å². The summed E-state index contributed by atoms with van der Waals surface area (Å²) in [5, 5.41) is 13.0. The quantitative estimate of drug-likeness (QED) is 0.591. The van der Waals surface area contributed by atoms with Crippen molar-refractivity contribution in [3.05, 3.63) is 0 Å². The number of hydrogen-bond donors (Lipinski definition) is 2. The number of rotatable bonds is 10. The minimum absolute atomic E-state index is 0.354. The fraction of sp³-hybridized carbons (Fsp3) is 1.00. The zero-order valence-corrected chi connectivity index (χ0v) is 12.0. The first kappa shape index (κ1) is 15.9. The van der Waals surface area contributed by atoms with E-state index in [9.17, 15) is 5.11 Å². The number of aliphatic hydroxyl groups excluding tert-OH is 1. The maximum Gasteiger partial charge on any atom is 0.0897 e. The van der Waals surface area contributed by atoms with Gasteiger partial charge in [-0.25, -0.2) is 0 Å². The highest BCUT2D eigenvalue weighted by molar-refractivity contribution is 4.67. The highest BCUT2D eigenvalue weighted by Gasteiger charge is 2.12. The molecule has 18 heavy (non-hydrogen) atoms. The van der Waals surface area contributed by atoms with Gasteiger partial charge in [0.2, 0.25) is 0 Å². The van der Waals surface area contributed by atoms with Crippen molar-refractivity contribution in [2.45, 2.75) is 64.4 Å². The first-order valence-electron chi connectivity index (χ1n) is 7.79. The van der Waals surface area contributed by atoms with Crippen LogP contribution < -0.4 is 5.32 Å². The van der Waals surface area contributed by atoms with Gasteiger partial charge < -0.3 is 15.2 Å². The van der Waals surface area contributed by atoms with Gasteiger partial charge in [-0.1, -0.05) is 45.4 Å². The molecule has 3 nitrogen and oxygen atoms in total. The van der Waals surface area contributed by atoms with Crippen molar-refractivity contribution in [1.29, 1.82) is 0 Å². The lowest BCUT2D eigenvalue weighted by atomic mass is 9.87. The summed E-state index contributed by atoms with van der Waals surface area (Å²) in [5.74, 6) is 0.921. The fourth-order valence-electron chi connectivity index (χ4n) is 2.58. The molecule has 2 N–H and O–H groups in total. The van der Waals surface area contributed by atoms with Crippen molar-refractivity contribution in [3.8, 4) is 0 Å². The molecule has 0 bridgehead atoms. The van der Waals surface area contributed by atoms with E-state index in [0.717, 1.165) is 31.9 Å². The summed E-state index contributed by atoms with van der Waals surface area (Å²) in [6, 6.07) is 0. The summed E-state index contributed by atoms with van der Waals surface area (Å²) in [7, 11) is 0. The van der Waals surface area contributed by atoms with Crippen LogP contribution in [0.25, 0.3) is 0 Å². The second-order valence-corrected chi connectivity index (χ2v) is 5.58. The predicted molar refractivity (Wildman–Crippen MR) is 75.8 cm³/mol. The Morgan fingerprint density at radius 1 is 1.28 bits per heavy atom.